The van der Waals surface area contributed by atoms with Crippen LogP contribution < -0.4 is 0 Å². The first-order chi connectivity index (χ1) is 6.88. The highest BCUT2D eigenvalue weighted by Crippen LogP contribution is 2.11. The summed E-state index contributed by atoms with van der Waals surface area (Å²) in [5.74, 6) is 1.25. The Balaban J connectivity index is 2.11. The molecule has 2 rings (SSSR count). The van der Waals surface area contributed by atoms with Crippen molar-refractivity contribution in [2.75, 3.05) is 0 Å². The number of hydrogen-bond donors (Lipinski definition) is 0. The van der Waals surface area contributed by atoms with E-state index in [2.05, 4.69) is 17.3 Å². The van der Waals surface area contributed by atoms with E-state index in [1.165, 1.54) is 5.56 Å². The summed E-state index contributed by atoms with van der Waals surface area (Å²) in [6.07, 6.45) is 0.769. The highest BCUT2D eigenvalue weighted by atomic mass is 35.5. The molecule has 2 aromatic rings. The second kappa shape index (κ2) is 4.29. The zero-order chi connectivity index (χ0) is 9.80. The molecule has 0 radical (unpaired) electrons. The maximum Gasteiger partial charge on any atom is 0.141 e. The molecule has 0 saturated heterocycles. The molecule has 0 unspecified atom stereocenters. The van der Waals surface area contributed by atoms with Crippen LogP contribution in [0.1, 0.15) is 17.0 Å². The third-order valence-electron chi connectivity index (χ3n) is 1.97. The molecule has 0 saturated carbocycles. The number of benzene rings is 1. The van der Waals surface area contributed by atoms with Crippen LogP contribution in [0.5, 0.6) is 0 Å². The van der Waals surface area contributed by atoms with Gasteiger partial charge in [0.25, 0.3) is 0 Å². The first kappa shape index (κ1) is 9.28. The number of halogens is 1. The zero-order valence-electron chi connectivity index (χ0n) is 7.61. The Morgan fingerprint density at radius 3 is 2.64 bits per heavy atom. The van der Waals surface area contributed by atoms with Crippen molar-refractivity contribution in [1.82, 2.24) is 5.16 Å². The molecule has 0 aliphatic carbocycles. The minimum Gasteiger partial charge on any atom is -0.361 e. The molecule has 1 aromatic heterocycles. The number of hydrogen-bond acceptors (Lipinski definition) is 2. The van der Waals surface area contributed by atoms with Crippen molar-refractivity contribution in [3.8, 4) is 0 Å². The minimum atomic E-state index is 0.401. The standard InChI is InChI=1S/C11H10ClNO/c12-8-10-7-11(14-13-10)6-9-4-2-1-3-5-9/h1-5,7H,6,8H2. The second-order valence-corrected chi connectivity index (χ2v) is 3.35. The first-order valence-electron chi connectivity index (χ1n) is 4.43. The molecule has 0 aliphatic rings. The number of aromatic nitrogens is 1. The van der Waals surface area contributed by atoms with Crippen molar-refractivity contribution in [3.63, 3.8) is 0 Å². The average Bonchev–Trinajstić information content (AvgIpc) is 2.67. The van der Waals surface area contributed by atoms with Gasteiger partial charge in [0.05, 0.1) is 11.6 Å². The van der Waals surface area contributed by atoms with Gasteiger partial charge in [-0.25, -0.2) is 0 Å². The topological polar surface area (TPSA) is 26.0 Å². The van der Waals surface area contributed by atoms with Gasteiger partial charge in [0.15, 0.2) is 0 Å². The Morgan fingerprint density at radius 1 is 1.21 bits per heavy atom. The van der Waals surface area contributed by atoms with Crippen molar-refractivity contribution in [2.24, 2.45) is 0 Å². The second-order valence-electron chi connectivity index (χ2n) is 3.08. The van der Waals surface area contributed by atoms with Gasteiger partial charge in [-0.15, -0.1) is 11.6 Å². The molecular weight excluding hydrogens is 198 g/mol. The molecule has 0 bridgehead atoms. The molecule has 0 aliphatic heterocycles. The molecule has 1 aromatic carbocycles. The monoisotopic (exact) mass is 207 g/mol. The van der Waals surface area contributed by atoms with E-state index in [9.17, 15) is 0 Å². The Hall–Kier alpha value is -1.28. The van der Waals surface area contributed by atoms with E-state index in [0.29, 0.717) is 5.88 Å². The minimum absolute atomic E-state index is 0.401. The van der Waals surface area contributed by atoms with Crippen LogP contribution in [0.25, 0.3) is 0 Å². The third-order valence-corrected chi connectivity index (χ3v) is 2.24. The van der Waals surface area contributed by atoms with Gasteiger partial charge in [-0.1, -0.05) is 35.5 Å². The SMILES string of the molecule is ClCc1cc(Cc2ccccc2)on1. The van der Waals surface area contributed by atoms with Crippen LogP contribution in [-0.4, -0.2) is 5.16 Å². The summed E-state index contributed by atoms with van der Waals surface area (Å²) in [5, 5.41) is 3.82. The molecule has 0 amide bonds. The van der Waals surface area contributed by atoms with Crippen LogP contribution in [0.4, 0.5) is 0 Å². The molecule has 0 N–H and O–H groups in total. The molecule has 0 fully saturated rings. The molecule has 0 atom stereocenters. The molecule has 0 spiro atoms. The maximum absolute atomic E-state index is 5.62. The van der Waals surface area contributed by atoms with Gasteiger partial charge in [0.2, 0.25) is 0 Å². The molecule has 72 valence electrons. The van der Waals surface area contributed by atoms with Gasteiger partial charge in [0.1, 0.15) is 5.76 Å². The fraction of sp³-hybridized carbons (Fsp3) is 0.182. The predicted molar refractivity (Wildman–Crippen MR) is 55.3 cm³/mol. The van der Waals surface area contributed by atoms with Gasteiger partial charge >= 0.3 is 0 Å². The van der Waals surface area contributed by atoms with Crippen molar-refractivity contribution in [3.05, 3.63) is 53.4 Å². The van der Waals surface area contributed by atoms with Gasteiger partial charge in [-0.2, -0.15) is 0 Å². The Bertz CT molecular complexity index is 397. The van der Waals surface area contributed by atoms with Crippen LogP contribution in [-0.2, 0) is 12.3 Å². The Morgan fingerprint density at radius 2 is 2.00 bits per heavy atom. The predicted octanol–water partition coefficient (Wildman–Crippen LogP) is 3.00. The van der Waals surface area contributed by atoms with E-state index < -0.39 is 0 Å². The summed E-state index contributed by atoms with van der Waals surface area (Å²) in [4.78, 5) is 0. The summed E-state index contributed by atoms with van der Waals surface area (Å²) >= 11 is 5.62. The fourth-order valence-corrected chi connectivity index (χ4v) is 1.43. The van der Waals surface area contributed by atoms with E-state index >= 15 is 0 Å². The molecule has 14 heavy (non-hydrogen) atoms. The zero-order valence-corrected chi connectivity index (χ0v) is 8.37. The fourth-order valence-electron chi connectivity index (χ4n) is 1.30. The average molecular weight is 208 g/mol. The van der Waals surface area contributed by atoms with Crippen LogP contribution in [0.2, 0.25) is 0 Å². The van der Waals surface area contributed by atoms with Crippen molar-refractivity contribution < 1.29 is 4.52 Å². The van der Waals surface area contributed by atoms with E-state index in [1.54, 1.807) is 0 Å². The number of nitrogens with zero attached hydrogens (tertiary/aromatic N) is 1. The summed E-state index contributed by atoms with van der Waals surface area (Å²) < 4.78 is 5.13. The third kappa shape index (κ3) is 2.15. The highest BCUT2D eigenvalue weighted by Gasteiger charge is 2.03. The maximum atomic E-state index is 5.62. The normalized spacial score (nSPS) is 10.4. The van der Waals surface area contributed by atoms with E-state index in [0.717, 1.165) is 17.9 Å². The van der Waals surface area contributed by atoms with Crippen LogP contribution >= 0.6 is 11.6 Å². The Kier molecular flexibility index (Phi) is 2.84. The van der Waals surface area contributed by atoms with Crippen LogP contribution in [0.15, 0.2) is 40.9 Å². The molecule has 1 heterocycles. The lowest BCUT2D eigenvalue weighted by Gasteiger charge is -1.94. The van der Waals surface area contributed by atoms with Gasteiger partial charge < -0.3 is 4.52 Å². The molecular formula is C11H10ClNO. The number of rotatable bonds is 3. The van der Waals surface area contributed by atoms with Gasteiger partial charge in [-0.05, 0) is 5.56 Å². The quantitative estimate of drug-likeness (QED) is 0.724. The summed E-state index contributed by atoms with van der Waals surface area (Å²) in [6.45, 7) is 0. The van der Waals surface area contributed by atoms with Crippen LogP contribution in [0, 0.1) is 0 Å². The van der Waals surface area contributed by atoms with Gasteiger partial charge in [0, 0.05) is 12.5 Å². The van der Waals surface area contributed by atoms with Crippen molar-refractivity contribution >= 4 is 11.6 Å². The van der Waals surface area contributed by atoms with Crippen molar-refractivity contribution in [2.45, 2.75) is 12.3 Å². The first-order valence-corrected chi connectivity index (χ1v) is 4.96. The molecule has 2 nitrogen and oxygen atoms in total. The lowest BCUT2D eigenvalue weighted by atomic mass is 10.1. The summed E-state index contributed by atoms with van der Waals surface area (Å²) in [7, 11) is 0. The highest BCUT2D eigenvalue weighted by molar-refractivity contribution is 6.16. The summed E-state index contributed by atoms with van der Waals surface area (Å²) in [5.41, 5.74) is 2.00. The lowest BCUT2D eigenvalue weighted by molar-refractivity contribution is 0.385. The Labute approximate surface area is 87.5 Å². The van der Waals surface area contributed by atoms with E-state index in [-0.39, 0.29) is 0 Å². The van der Waals surface area contributed by atoms with Crippen LogP contribution in [0.3, 0.4) is 0 Å². The smallest absolute Gasteiger partial charge is 0.141 e. The van der Waals surface area contributed by atoms with Crippen molar-refractivity contribution in [1.29, 1.82) is 0 Å². The largest absolute Gasteiger partial charge is 0.361 e. The van der Waals surface area contributed by atoms with E-state index in [1.807, 2.05) is 24.3 Å². The van der Waals surface area contributed by atoms with E-state index in [4.69, 9.17) is 16.1 Å². The summed E-state index contributed by atoms with van der Waals surface area (Å²) in [6, 6.07) is 12.0. The molecule has 3 heteroatoms. The lowest BCUT2D eigenvalue weighted by Crippen LogP contribution is -1.83. The van der Waals surface area contributed by atoms with Gasteiger partial charge in [-0.3, -0.25) is 0 Å². The number of alkyl halides is 1.